The van der Waals surface area contributed by atoms with Crippen LogP contribution in [0, 0.1) is 6.92 Å². The van der Waals surface area contributed by atoms with Gasteiger partial charge in [-0.05, 0) is 55.2 Å². The molecular weight excluding hydrogens is 348 g/mol. The quantitative estimate of drug-likeness (QED) is 0.700. The second-order valence-corrected chi connectivity index (χ2v) is 6.57. The molecule has 0 amide bonds. The summed E-state index contributed by atoms with van der Waals surface area (Å²) in [6.07, 6.45) is 1.07. The van der Waals surface area contributed by atoms with Crippen LogP contribution in [0.25, 0.3) is 11.0 Å². The normalized spacial score (nSPS) is 13.7. The number of carbonyl (C=O) groups is 1. The number of carboxylic acid groups (broad SMARTS) is 1. The van der Waals surface area contributed by atoms with Gasteiger partial charge in [0.2, 0.25) is 6.79 Å². The molecule has 2 heterocycles. The molecule has 1 unspecified atom stereocenters. The molecule has 1 aromatic heterocycles. The molecule has 1 aliphatic rings. The van der Waals surface area contributed by atoms with E-state index in [1.807, 2.05) is 37.3 Å². The average molecular weight is 368 g/mol. The predicted molar refractivity (Wildman–Crippen MR) is 98.8 cm³/mol. The number of ether oxygens (including phenoxy) is 3. The number of aliphatic carboxylic acids is 1. The van der Waals surface area contributed by atoms with E-state index >= 15 is 0 Å². The van der Waals surface area contributed by atoms with Crippen molar-refractivity contribution in [1.29, 1.82) is 0 Å². The van der Waals surface area contributed by atoms with E-state index in [-0.39, 0.29) is 6.79 Å². The molecule has 3 aromatic rings. The third-order valence-electron chi connectivity index (χ3n) is 4.86. The van der Waals surface area contributed by atoms with Gasteiger partial charge < -0.3 is 23.7 Å². The van der Waals surface area contributed by atoms with Crippen molar-refractivity contribution in [3.63, 3.8) is 0 Å². The molecule has 0 spiro atoms. The van der Waals surface area contributed by atoms with Crippen LogP contribution in [0.3, 0.4) is 0 Å². The fourth-order valence-corrected chi connectivity index (χ4v) is 3.53. The van der Waals surface area contributed by atoms with Gasteiger partial charge in [-0.15, -0.1) is 0 Å². The molecule has 2 aromatic carbocycles. The van der Waals surface area contributed by atoms with Crippen molar-refractivity contribution in [2.24, 2.45) is 0 Å². The molecule has 1 N–H and O–H groups in total. The Morgan fingerprint density at radius 1 is 1.19 bits per heavy atom. The minimum absolute atomic E-state index is 0.222. The van der Waals surface area contributed by atoms with Gasteiger partial charge in [-0.3, -0.25) is 4.79 Å². The minimum Gasteiger partial charge on any atom is -0.493 e. The summed E-state index contributed by atoms with van der Waals surface area (Å²) in [5, 5.41) is 10.6. The zero-order valence-corrected chi connectivity index (χ0v) is 15.2. The number of hydrogen-bond acceptors (Lipinski definition) is 5. The molecule has 0 saturated heterocycles. The Morgan fingerprint density at radius 3 is 2.78 bits per heavy atom. The molecule has 0 bridgehead atoms. The van der Waals surface area contributed by atoms with Crippen LogP contribution in [0.2, 0.25) is 0 Å². The van der Waals surface area contributed by atoms with E-state index in [9.17, 15) is 9.90 Å². The van der Waals surface area contributed by atoms with Crippen molar-refractivity contribution >= 4 is 16.9 Å². The van der Waals surface area contributed by atoms with E-state index in [2.05, 4.69) is 0 Å². The number of aryl methyl sites for hydroxylation is 2. The lowest BCUT2D eigenvalue weighted by Crippen LogP contribution is -2.13. The molecule has 0 radical (unpaired) electrons. The van der Waals surface area contributed by atoms with Crippen LogP contribution in [0.1, 0.15) is 29.2 Å². The van der Waals surface area contributed by atoms with Gasteiger partial charge in [0, 0.05) is 5.39 Å². The average Bonchev–Trinajstić information content (AvgIpc) is 3.27. The van der Waals surface area contributed by atoms with Crippen LogP contribution in [0.5, 0.6) is 17.2 Å². The largest absolute Gasteiger partial charge is 0.493 e. The number of fused-ring (bicyclic) bond motifs is 2. The first kappa shape index (κ1) is 17.3. The standard InChI is InChI=1S/C21H20O6/c1-12-9-16-14(6-8-18(24-2)20(16)27-12)15(21(22)23)5-3-13-4-7-17-19(10-13)26-11-25-17/h4,6-10,15H,3,5,11H2,1-2H3,(H,22,23). The third kappa shape index (κ3) is 3.18. The highest BCUT2D eigenvalue weighted by Crippen LogP contribution is 2.37. The highest BCUT2D eigenvalue weighted by molar-refractivity contribution is 5.91. The lowest BCUT2D eigenvalue weighted by molar-refractivity contribution is -0.138. The summed E-state index contributed by atoms with van der Waals surface area (Å²) < 4.78 is 21.8. The van der Waals surface area contributed by atoms with Crippen molar-refractivity contribution in [3.05, 3.63) is 53.3 Å². The van der Waals surface area contributed by atoms with Crippen molar-refractivity contribution in [2.75, 3.05) is 13.9 Å². The number of methoxy groups -OCH3 is 1. The Bertz CT molecular complexity index is 1000. The molecule has 0 aliphatic carbocycles. The first-order chi connectivity index (χ1) is 13.1. The summed E-state index contributed by atoms with van der Waals surface area (Å²) in [7, 11) is 1.57. The van der Waals surface area contributed by atoms with Crippen molar-refractivity contribution < 1.29 is 28.5 Å². The van der Waals surface area contributed by atoms with E-state index in [0.717, 1.165) is 28.0 Å². The van der Waals surface area contributed by atoms with Crippen LogP contribution < -0.4 is 14.2 Å². The van der Waals surface area contributed by atoms with Gasteiger partial charge >= 0.3 is 5.97 Å². The maximum absolute atomic E-state index is 12.0. The number of rotatable bonds is 6. The molecule has 140 valence electrons. The lowest BCUT2D eigenvalue weighted by Gasteiger charge is -2.15. The summed E-state index contributed by atoms with van der Waals surface area (Å²) in [5.41, 5.74) is 2.33. The van der Waals surface area contributed by atoms with E-state index in [1.165, 1.54) is 0 Å². The first-order valence-corrected chi connectivity index (χ1v) is 8.75. The Kier molecular flexibility index (Phi) is 4.39. The summed E-state index contributed by atoms with van der Waals surface area (Å²) in [5.74, 6) is 1.23. The zero-order valence-electron chi connectivity index (χ0n) is 15.2. The van der Waals surface area contributed by atoms with E-state index < -0.39 is 11.9 Å². The molecule has 6 heteroatoms. The van der Waals surface area contributed by atoms with Crippen molar-refractivity contribution in [2.45, 2.75) is 25.7 Å². The van der Waals surface area contributed by atoms with Gasteiger partial charge in [0.15, 0.2) is 22.8 Å². The molecule has 0 fully saturated rings. The van der Waals surface area contributed by atoms with E-state index in [4.69, 9.17) is 18.6 Å². The molecule has 1 atom stereocenters. The van der Waals surface area contributed by atoms with Crippen molar-refractivity contribution in [3.8, 4) is 17.2 Å². The van der Waals surface area contributed by atoms with Gasteiger partial charge in [-0.2, -0.15) is 0 Å². The second-order valence-electron chi connectivity index (χ2n) is 6.57. The highest BCUT2D eigenvalue weighted by atomic mass is 16.7. The topological polar surface area (TPSA) is 78.1 Å². The Morgan fingerprint density at radius 2 is 2.00 bits per heavy atom. The van der Waals surface area contributed by atoms with Gasteiger partial charge in [0.1, 0.15) is 5.76 Å². The Balaban J connectivity index is 1.63. The predicted octanol–water partition coefficient (Wildman–Crippen LogP) is 4.28. The number of carboxylic acids is 1. The number of hydrogen-bond donors (Lipinski definition) is 1. The molecule has 27 heavy (non-hydrogen) atoms. The van der Waals surface area contributed by atoms with Crippen LogP contribution in [0.15, 0.2) is 40.8 Å². The van der Waals surface area contributed by atoms with Gasteiger partial charge in [-0.25, -0.2) is 0 Å². The van der Waals surface area contributed by atoms with Gasteiger partial charge in [-0.1, -0.05) is 12.1 Å². The fourth-order valence-electron chi connectivity index (χ4n) is 3.53. The van der Waals surface area contributed by atoms with Gasteiger partial charge in [0.25, 0.3) is 0 Å². The summed E-state index contributed by atoms with van der Waals surface area (Å²) >= 11 is 0. The van der Waals surface area contributed by atoms with Gasteiger partial charge in [0.05, 0.1) is 13.0 Å². The smallest absolute Gasteiger partial charge is 0.311 e. The summed E-state index contributed by atoms with van der Waals surface area (Å²) in [6.45, 7) is 2.06. The molecule has 4 rings (SSSR count). The molecule has 1 aliphatic heterocycles. The maximum atomic E-state index is 12.0. The fraction of sp³-hybridized carbons (Fsp3) is 0.286. The highest BCUT2D eigenvalue weighted by Gasteiger charge is 2.25. The number of furan rings is 1. The lowest BCUT2D eigenvalue weighted by atomic mass is 9.90. The van der Waals surface area contributed by atoms with Crippen LogP contribution in [-0.4, -0.2) is 25.0 Å². The SMILES string of the molecule is COc1ccc(C(CCc2ccc3c(c2)OCO3)C(=O)O)c2cc(C)oc12. The first-order valence-electron chi connectivity index (χ1n) is 8.75. The van der Waals surface area contributed by atoms with Crippen LogP contribution in [-0.2, 0) is 11.2 Å². The summed E-state index contributed by atoms with van der Waals surface area (Å²) in [4.78, 5) is 12.0. The van der Waals surface area contributed by atoms with E-state index in [1.54, 1.807) is 13.2 Å². The maximum Gasteiger partial charge on any atom is 0.311 e. The monoisotopic (exact) mass is 368 g/mol. The minimum atomic E-state index is -0.860. The van der Waals surface area contributed by atoms with Crippen LogP contribution >= 0.6 is 0 Å². The van der Waals surface area contributed by atoms with Crippen LogP contribution in [0.4, 0.5) is 0 Å². The Hall–Kier alpha value is -3.15. The Labute approximate surface area is 156 Å². The number of benzene rings is 2. The molecular formula is C21H20O6. The molecule has 0 saturated carbocycles. The third-order valence-corrected chi connectivity index (χ3v) is 4.86. The zero-order chi connectivity index (χ0) is 19.0. The van der Waals surface area contributed by atoms with E-state index in [0.29, 0.717) is 29.9 Å². The van der Waals surface area contributed by atoms with Crippen molar-refractivity contribution in [1.82, 2.24) is 0 Å². The molecule has 6 nitrogen and oxygen atoms in total. The second kappa shape index (κ2) is 6.87. The summed E-state index contributed by atoms with van der Waals surface area (Å²) in [6, 6.07) is 11.2.